The molecule has 1 amide bonds. The average Bonchev–Trinajstić information content (AvgIpc) is 3.06. The molecule has 0 unspecified atom stereocenters. The summed E-state index contributed by atoms with van der Waals surface area (Å²) in [7, 11) is 0. The molecule has 3 rings (SSSR count). The van der Waals surface area contributed by atoms with E-state index in [1.807, 2.05) is 41.8 Å². The summed E-state index contributed by atoms with van der Waals surface area (Å²) in [5, 5.41) is 5.57. The van der Waals surface area contributed by atoms with Crippen molar-refractivity contribution in [2.24, 2.45) is 0 Å². The third-order valence-corrected chi connectivity index (χ3v) is 5.74. The Morgan fingerprint density at radius 1 is 1.20 bits per heavy atom. The molecular weight excluding hydrogens is 374 g/mol. The van der Waals surface area contributed by atoms with E-state index < -0.39 is 0 Å². The average molecular weight is 390 g/mol. The molecule has 0 fully saturated rings. The highest BCUT2D eigenvalue weighted by Gasteiger charge is 2.08. The molecular formula is C18H16ClN3OS2. The topological polar surface area (TPSA) is 54.9 Å². The Hall–Kier alpha value is -1.89. The number of benzene rings is 1. The first-order valence-electron chi connectivity index (χ1n) is 7.66. The van der Waals surface area contributed by atoms with Gasteiger partial charge in [-0.15, -0.1) is 11.3 Å². The lowest BCUT2D eigenvalue weighted by molar-refractivity contribution is -0.120. The van der Waals surface area contributed by atoms with Crippen LogP contribution in [0.5, 0.6) is 0 Å². The zero-order valence-electron chi connectivity index (χ0n) is 13.3. The highest BCUT2D eigenvalue weighted by molar-refractivity contribution is 8.00. The minimum Gasteiger partial charge on any atom is -0.352 e. The molecule has 0 radical (unpaired) electrons. The summed E-state index contributed by atoms with van der Waals surface area (Å²) < 4.78 is 0.955. The number of hydrogen-bond donors (Lipinski definition) is 1. The fraction of sp³-hybridized carbons (Fsp3) is 0.167. The molecule has 2 heterocycles. The number of carbonyl (C=O) groups is 1. The van der Waals surface area contributed by atoms with E-state index in [1.54, 1.807) is 35.5 Å². The van der Waals surface area contributed by atoms with Crippen LogP contribution in [0.1, 0.15) is 16.8 Å². The van der Waals surface area contributed by atoms with Crippen LogP contribution in [0.4, 0.5) is 0 Å². The van der Waals surface area contributed by atoms with Crippen molar-refractivity contribution < 1.29 is 4.79 Å². The minimum absolute atomic E-state index is 0.0338. The summed E-state index contributed by atoms with van der Waals surface area (Å²) >= 11 is 9.20. The van der Waals surface area contributed by atoms with Gasteiger partial charge in [0, 0.05) is 35.1 Å². The fourth-order valence-electron chi connectivity index (χ4n) is 2.14. The minimum atomic E-state index is -0.0338. The first-order chi connectivity index (χ1) is 12.2. The van der Waals surface area contributed by atoms with E-state index in [0.717, 1.165) is 31.9 Å². The Morgan fingerprint density at radius 2 is 2.04 bits per heavy atom. The molecule has 0 bridgehead atoms. The molecule has 2 aromatic heterocycles. The van der Waals surface area contributed by atoms with Crippen LogP contribution in [-0.4, -0.2) is 15.9 Å². The maximum atomic E-state index is 12.0. The number of nitrogens with one attached hydrogen (secondary N) is 1. The van der Waals surface area contributed by atoms with Gasteiger partial charge in [-0.25, -0.2) is 4.98 Å². The van der Waals surface area contributed by atoms with Crippen LogP contribution in [0.15, 0.2) is 58.5 Å². The summed E-state index contributed by atoms with van der Waals surface area (Å²) in [6.45, 7) is 0.502. The van der Waals surface area contributed by atoms with Crippen LogP contribution >= 0.6 is 34.7 Å². The normalized spacial score (nSPS) is 10.6. The molecule has 0 atom stereocenters. The third kappa shape index (κ3) is 5.85. The van der Waals surface area contributed by atoms with E-state index in [0.29, 0.717) is 13.0 Å². The molecule has 0 saturated carbocycles. The van der Waals surface area contributed by atoms with Gasteiger partial charge in [-0.1, -0.05) is 35.5 Å². The van der Waals surface area contributed by atoms with Crippen molar-refractivity contribution in [3.8, 4) is 0 Å². The first-order valence-corrected chi connectivity index (χ1v) is 9.90. The Labute approximate surface area is 159 Å². The molecule has 25 heavy (non-hydrogen) atoms. The fourth-order valence-corrected chi connectivity index (χ4v) is 4.14. The molecule has 1 N–H and O–H groups in total. The standard InChI is InChI=1S/C18H16ClN3OS2/c19-15-3-1-2-14(8-15)11-24-18-22-16(12-25-18)9-17(23)21-10-13-4-6-20-7-5-13/h1-8,12H,9-11H2,(H,21,23). The van der Waals surface area contributed by atoms with E-state index in [9.17, 15) is 4.79 Å². The van der Waals surface area contributed by atoms with Crippen molar-refractivity contribution in [1.29, 1.82) is 0 Å². The molecule has 0 saturated heterocycles. The van der Waals surface area contributed by atoms with Gasteiger partial charge in [0.1, 0.15) is 4.34 Å². The SMILES string of the molecule is O=C(Cc1csc(SCc2cccc(Cl)c2)n1)NCc1ccncc1. The molecule has 7 heteroatoms. The van der Waals surface area contributed by atoms with Crippen molar-refractivity contribution >= 4 is 40.6 Å². The highest BCUT2D eigenvalue weighted by atomic mass is 35.5. The van der Waals surface area contributed by atoms with Gasteiger partial charge in [-0.05, 0) is 35.4 Å². The predicted octanol–water partition coefficient (Wildman–Crippen LogP) is 4.34. The van der Waals surface area contributed by atoms with Crippen LogP contribution in [0.25, 0.3) is 0 Å². The van der Waals surface area contributed by atoms with Gasteiger partial charge in [0.15, 0.2) is 0 Å². The van der Waals surface area contributed by atoms with Crippen LogP contribution in [0.2, 0.25) is 5.02 Å². The largest absolute Gasteiger partial charge is 0.352 e. The third-order valence-electron chi connectivity index (χ3n) is 3.36. The lowest BCUT2D eigenvalue weighted by Crippen LogP contribution is -2.24. The number of thioether (sulfide) groups is 1. The molecule has 3 aromatic rings. The van der Waals surface area contributed by atoms with E-state index in [2.05, 4.69) is 15.3 Å². The Balaban J connectivity index is 1.47. The van der Waals surface area contributed by atoms with Crippen molar-refractivity contribution in [3.63, 3.8) is 0 Å². The maximum absolute atomic E-state index is 12.0. The van der Waals surface area contributed by atoms with Crippen LogP contribution in [-0.2, 0) is 23.5 Å². The Morgan fingerprint density at radius 3 is 2.84 bits per heavy atom. The number of pyridine rings is 1. The van der Waals surface area contributed by atoms with Gasteiger partial charge < -0.3 is 5.32 Å². The van der Waals surface area contributed by atoms with Gasteiger partial charge >= 0.3 is 0 Å². The van der Waals surface area contributed by atoms with Crippen molar-refractivity contribution in [2.45, 2.75) is 23.1 Å². The predicted molar refractivity (Wildman–Crippen MR) is 103 cm³/mol. The zero-order valence-corrected chi connectivity index (χ0v) is 15.7. The van der Waals surface area contributed by atoms with Gasteiger partial charge in [-0.3, -0.25) is 9.78 Å². The van der Waals surface area contributed by atoms with E-state index in [-0.39, 0.29) is 5.91 Å². The second kappa shape index (κ2) is 8.99. The number of rotatable bonds is 7. The second-order valence-electron chi connectivity index (χ2n) is 5.33. The number of aromatic nitrogens is 2. The summed E-state index contributed by atoms with van der Waals surface area (Å²) in [5.74, 6) is 0.774. The summed E-state index contributed by atoms with van der Waals surface area (Å²) in [5.41, 5.74) is 2.98. The second-order valence-corrected chi connectivity index (χ2v) is 7.85. The van der Waals surface area contributed by atoms with Crippen molar-refractivity contribution in [2.75, 3.05) is 0 Å². The van der Waals surface area contributed by atoms with Crippen LogP contribution in [0.3, 0.4) is 0 Å². The number of thiazole rings is 1. The summed E-state index contributed by atoms with van der Waals surface area (Å²) in [6, 6.07) is 11.6. The van der Waals surface area contributed by atoms with Crippen LogP contribution in [0, 0.1) is 0 Å². The first kappa shape index (κ1) is 17.9. The van der Waals surface area contributed by atoms with Gasteiger partial charge in [0.2, 0.25) is 5.91 Å². The van der Waals surface area contributed by atoms with E-state index in [1.165, 1.54) is 0 Å². The highest BCUT2D eigenvalue weighted by Crippen LogP contribution is 2.27. The lowest BCUT2D eigenvalue weighted by atomic mass is 10.2. The van der Waals surface area contributed by atoms with E-state index >= 15 is 0 Å². The van der Waals surface area contributed by atoms with Gasteiger partial charge in [0.25, 0.3) is 0 Å². The zero-order chi connectivity index (χ0) is 17.5. The lowest BCUT2D eigenvalue weighted by Gasteiger charge is -2.03. The summed E-state index contributed by atoms with van der Waals surface area (Å²) in [4.78, 5) is 20.5. The van der Waals surface area contributed by atoms with Crippen molar-refractivity contribution in [3.05, 3.63) is 76.0 Å². The molecule has 0 aliphatic rings. The molecule has 1 aromatic carbocycles. The quantitative estimate of drug-likeness (QED) is 0.610. The monoisotopic (exact) mass is 389 g/mol. The molecule has 128 valence electrons. The molecule has 0 aliphatic carbocycles. The smallest absolute Gasteiger partial charge is 0.226 e. The maximum Gasteiger partial charge on any atom is 0.226 e. The summed E-state index contributed by atoms with van der Waals surface area (Å²) in [6.07, 6.45) is 3.72. The molecule has 0 spiro atoms. The van der Waals surface area contributed by atoms with Gasteiger partial charge in [-0.2, -0.15) is 0 Å². The Bertz CT molecular complexity index is 839. The van der Waals surface area contributed by atoms with Crippen molar-refractivity contribution in [1.82, 2.24) is 15.3 Å². The molecule has 0 aliphatic heterocycles. The van der Waals surface area contributed by atoms with Gasteiger partial charge in [0.05, 0.1) is 12.1 Å². The number of halogens is 1. The molecule has 4 nitrogen and oxygen atoms in total. The Kier molecular flexibility index (Phi) is 6.44. The number of hydrogen-bond acceptors (Lipinski definition) is 5. The van der Waals surface area contributed by atoms with Crippen LogP contribution < -0.4 is 5.32 Å². The van der Waals surface area contributed by atoms with E-state index in [4.69, 9.17) is 11.6 Å². The number of nitrogens with zero attached hydrogens (tertiary/aromatic N) is 2. The number of amides is 1. The number of carbonyl (C=O) groups excluding carboxylic acids is 1.